The first-order chi connectivity index (χ1) is 14.8. The van der Waals surface area contributed by atoms with Crippen LogP contribution >= 0.6 is 0 Å². The normalized spacial score (nSPS) is 13.8. The zero-order valence-electron chi connectivity index (χ0n) is 18.2. The fourth-order valence-electron chi connectivity index (χ4n) is 3.52. The number of carbonyl (C=O) groups is 2. The number of sulfonamides is 1. The maximum atomic E-state index is 13.3. The lowest BCUT2D eigenvalue weighted by atomic mass is 10.1. The average molecular weight is 444 g/mol. The van der Waals surface area contributed by atoms with Crippen molar-refractivity contribution in [3.8, 4) is 0 Å². The van der Waals surface area contributed by atoms with E-state index in [1.54, 1.807) is 50.1 Å². The molecule has 1 saturated carbocycles. The molecule has 2 aromatic rings. The highest BCUT2D eigenvalue weighted by atomic mass is 32.2. The van der Waals surface area contributed by atoms with Gasteiger partial charge in [-0.2, -0.15) is 4.31 Å². The van der Waals surface area contributed by atoms with Crippen LogP contribution in [0, 0.1) is 0 Å². The van der Waals surface area contributed by atoms with Crippen LogP contribution < -0.4 is 5.32 Å². The number of hydrogen-bond donors (Lipinski definition) is 1. The monoisotopic (exact) mass is 443 g/mol. The third-order valence-electron chi connectivity index (χ3n) is 5.47. The minimum atomic E-state index is -3.64. The molecule has 0 heterocycles. The highest BCUT2D eigenvalue weighted by Gasteiger charge is 2.33. The Hall–Kier alpha value is -2.71. The standard InChI is InChI=1S/C23H29N3O4S/c1-4-25(5-2)31(29,30)21-8-6-7-19(15-21)23(28)26(20-13-14-20)16-17-9-11-18(12-10-17)22(27)24-3/h6-12,15,20H,4-5,13-14,16H2,1-3H3,(H,24,27). The number of benzene rings is 2. The van der Waals surface area contributed by atoms with Gasteiger partial charge in [0.05, 0.1) is 4.90 Å². The molecule has 1 aliphatic carbocycles. The van der Waals surface area contributed by atoms with Gasteiger partial charge in [0.25, 0.3) is 11.8 Å². The van der Waals surface area contributed by atoms with E-state index in [4.69, 9.17) is 0 Å². The largest absolute Gasteiger partial charge is 0.355 e. The second kappa shape index (κ2) is 9.62. The zero-order valence-corrected chi connectivity index (χ0v) is 19.0. The molecule has 0 spiro atoms. The summed E-state index contributed by atoms with van der Waals surface area (Å²) in [5.74, 6) is -0.345. The van der Waals surface area contributed by atoms with Crippen molar-refractivity contribution in [3.05, 3.63) is 65.2 Å². The maximum absolute atomic E-state index is 13.3. The van der Waals surface area contributed by atoms with Crippen molar-refractivity contribution < 1.29 is 18.0 Å². The van der Waals surface area contributed by atoms with Crippen molar-refractivity contribution in [1.29, 1.82) is 0 Å². The molecule has 0 saturated heterocycles. The van der Waals surface area contributed by atoms with Crippen molar-refractivity contribution in [3.63, 3.8) is 0 Å². The van der Waals surface area contributed by atoms with Gasteiger partial charge in [-0.15, -0.1) is 0 Å². The van der Waals surface area contributed by atoms with Crippen LogP contribution in [0.2, 0.25) is 0 Å². The van der Waals surface area contributed by atoms with Gasteiger partial charge in [-0.1, -0.05) is 32.0 Å². The third-order valence-corrected chi connectivity index (χ3v) is 7.51. The van der Waals surface area contributed by atoms with Gasteiger partial charge < -0.3 is 10.2 Å². The molecule has 31 heavy (non-hydrogen) atoms. The molecule has 1 N–H and O–H groups in total. The van der Waals surface area contributed by atoms with E-state index in [0.29, 0.717) is 30.8 Å². The van der Waals surface area contributed by atoms with Gasteiger partial charge in [-0.25, -0.2) is 8.42 Å². The molecule has 0 bridgehead atoms. The van der Waals surface area contributed by atoms with Crippen molar-refractivity contribution in [2.24, 2.45) is 0 Å². The molecule has 0 radical (unpaired) electrons. The number of amides is 2. The smallest absolute Gasteiger partial charge is 0.254 e. The number of nitrogens with one attached hydrogen (secondary N) is 1. The Morgan fingerprint density at radius 2 is 1.65 bits per heavy atom. The van der Waals surface area contributed by atoms with Crippen molar-refractivity contribution in [2.45, 2.75) is 44.2 Å². The van der Waals surface area contributed by atoms with Gasteiger partial charge in [0.1, 0.15) is 0 Å². The maximum Gasteiger partial charge on any atom is 0.254 e. The van der Waals surface area contributed by atoms with Crippen molar-refractivity contribution in [2.75, 3.05) is 20.1 Å². The Morgan fingerprint density at radius 1 is 1.00 bits per heavy atom. The van der Waals surface area contributed by atoms with Crippen LogP contribution in [0.1, 0.15) is 53.0 Å². The summed E-state index contributed by atoms with van der Waals surface area (Å²) in [6.07, 6.45) is 1.86. The quantitative estimate of drug-likeness (QED) is 0.646. The molecule has 2 amide bonds. The summed E-state index contributed by atoms with van der Waals surface area (Å²) in [6.45, 7) is 4.74. The number of rotatable bonds is 9. The van der Waals surface area contributed by atoms with Gasteiger partial charge >= 0.3 is 0 Å². The molecule has 2 aromatic carbocycles. The van der Waals surface area contributed by atoms with E-state index in [9.17, 15) is 18.0 Å². The predicted molar refractivity (Wildman–Crippen MR) is 119 cm³/mol. The molecule has 1 aliphatic rings. The van der Waals surface area contributed by atoms with Crippen LogP contribution in [0.5, 0.6) is 0 Å². The average Bonchev–Trinajstić information content (AvgIpc) is 3.63. The molecule has 3 rings (SSSR count). The van der Waals surface area contributed by atoms with Crippen LogP contribution in [0.4, 0.5) is 0 Å². The third kappa shape index (κ3) is 5.14. The fourth-order valence-corrected chi connectivity index (χ4v) is 5.03. The zero-order chi connectivity index (χ0) is 22.6. The lowest BCUT2D eigenvalue weighted by molar-refractivity contribution is 0.0729. The lowest BCUT2D eigenvalue weighted by Crippen LogP contribution is -2.33. The molecular formula is C23H29N3O4S. The summed E-state index contributed by atoms with van der Waals surface area (Å²) in [6, 6.07) is 13.6. The van der Waals surface area contributed by atoms with E-state index in [0.717, 1.165) is 18.4 Å². The van der Waals surface area contributed by atoms with Gasteiger partial charge in [-0.3, -0.25) is 9.59 Å². The second-order valence-electron chi connectivity index (χ2n) is 7.56. The van der Waals surface area contributed by atoms with E-state index in [-0.39, 0.29) is 22.8 Å². The number of nitrogens with zero attached hydrogens (tertiary/aromatic N) is 2. The molecule has 8 heteroatoms. The Bertz CT molecular complexity index is 1040. The van der Waals surface area contributed by atoms with Crippen LogP contribution in [0.15, 0.2) is 53.4 Å². The first-order valence-electron chi connectivity index (χ1n) is 10.5. The fraction of sp³-hybridized carbons (Fsp3) is 0.391. The molecule has 7 nitrogen and oxygen atoms in total. The first-order valence-corrected chi connectivity index (χ1v) is 12.0. The van der Waals surface area contributed by atoms with Gasteiger partial charge in [0.2, 0.25) is 10.0 Å². The van der Waals surface area contributed by atoms with Crippen LogP contribution in [-0.2, 0) is 16.6 Å². The van der Waals surface area contributed by atoms with Crippen LogP contribution in [0.25, 0.3) is 0 Å². The Labute approximate surface area is 184 Å². The first kappa shape index (κ1) is 23.0. The Kier molecular flexibility index (Phi) is 7.12. The Balaban J connectivity index is 1.84. The Morgan fingerprint density at radius 3 is 2.19 bits per heavy atom. The summed E-state index contributed by atoms with van der Waals surface area (Å²) in [5.41, 5.74) is 1.84. The minimum absolute atomic E-state index is 0.132. The van der Waals surface area contributed by atoms with E-state index in [2.05, 4.69) is 5.32 Å². The second-order valence-corrected chi connectivity index (χ2v) is 9.50. The molecular weight excluding hydrogens is 414 g/mol. The SMILES string of the molecule is CCN(CC)S(=O)(=O)c1cccc(C(=O)N(Cc2ccc(C(=O)NC)cc2)C2CC2)c1. The molecule has 0 atom stereocenters. The summed E-state index contributed by atoms with van der Waals surface area (Å²) in [7, 11) is -2.06. The molecule has 1 fully saturated rings. The molecule has 0 aliphatic heterocycles. The summed E-state index contributed by atoms with van der Waals surface area (Å²) in [5, 5.41) is 2.59. The minimum Gasteiger partial charge on any atom is -0.355 e. The molecule has 0 aromatic heterocycles. The van der Waals surface area contributed by atoms with E-state index >= 15 is 0 Å². The van der Waals surface area contributed by atoms with Crippen molar-refractivity contribution in [1.82, 2.24) is 14.5 Å². The van der Waals surface area contributed by atoms with Crippen LogP contribution in [-0.4, -0.2) is 55.6 Å². The molecule has 0 unspecified atom stereocenters. The highest BCUT2D eigenvalue weighted by molar-refractivity contribution is 7.89. The topological polar surface area (TPSA) is 86.8 Å². The van der Waals surface area contributed by atoms with Gasteiger partial charge in [0, 0.05) is 43.9 Å². The molecule has 166 valence electrons. The summed E-state index contributed by atoms with van der Waals surface area (Å²) < 4.78 is 27.1. The number of hydrogen-bond acceptors (Lipinski definition) is 4. The van der Waals surface area contributed by atoms with E-state index in [1.165, 1.54) is 16.4 Å². The highest BCUT2D eigenvalue weighted by Crippen LogP contribution is 2.30. The van der Waals surface area contributed by atoms with Gasteiger partial charge in [0.15, 0.2) is 0 Å². The lowest BCUT2D eigenvalue weighted by Gasteiger charge is -2.24. The van der Waals surface area contributed by atoms with Crippen molar-refractivity contribution >= 4 is 21.8 Å². The summed E-state index contributed by atoms with van der Waals surface area (Å²) >= 11 is 0. The number of carbonyl (C=O) groups excluding carboxylic acids is 2. The summed E-state index contributed by atoms with van der Waals surface area (Å²) in [4.78, 5) is 27.0. The van der Waals surface area contributed by atoms with E-state index < -0.39 is 10.0 Å². The van der Waals surface area contributed by atoms with Crippen LogP contribution in [0.3, 0.4) is 0 Å². The van der Waals surface area contributed by atoms with Gasteiger partial charge in [-0.05, 0) is 48.7 Å². The van der Waals surface area contributed by atoms with E-state index in [1.807, 2.05) is 12.1 Å². The predicted octanol–water partition coefficient (Wildman–Crippen LogP) is 2.88.